The van der Waals surface area contributed by atoms with Crippen LogP contribution in [-0.2, 0) is 13.1 Å². The van der Waals surface area contributed by atoms with Crippen molar-refractivity contribution in [3.8, 4) is 0 Å². The second-order valence-corrected chi connectivity index (χ2v) is 4.86. The Balaban J connectivity index is 2.51. The molecular weight excluding hydrogens is 270 g/mol. The van der Waals surface area contributed by atoms with Crippen LogP contribution in [0.25, 0.3) is 0 Å². The van der Waals surface area contributed by atoms with Crippen LogP contribution in [0.2, 0.25) is 0 Å². The minimum atomic E-state index is -0.285. The zero-order valence-electron chi connectivity index (χ0n) is 12.4. The highest BCUT2D eigenvalue weighted by Crippen LogP contribution is 2.08. The summed E-state index contributed by atoms with van der Waals surface area (Å²) in [5.74, 6) is -0.186. The van der Waals surface area contributed by atoms with E-state index < -0.39 is 0 Å². The van der Waals surface area contributed by atoms with Crippen molar-refractivity contribution in [1.82, 2.24) is 14.3 Å². The van der Waals surface area contributed by atoms with E-state index in [0.717, 1.165) is 23.6 Å². The summed E-state index contributed by atoms with van der Waals surface area (Å²) < 4.78 is 3.45. The molecule has 3 N–H and O–H groups in total. The van der Waals surface area contributed by atoms with E-state index in [2.05, 4.69) is 10.3 Å². The first-order valence-electron chi connectivity index (χ1n) is 6.69. The van der Waals surface area contributed by atoms with E-state index in [9.17, 15) is 4.79 Å². The average molecular weight is 289 g/mol. The van der Waals surface area contributed by atoms with E-state index in [-0.39, 0.29) is 17.0 Å². The fraction of sp³-hybridized carbons (Fsp3) is 0.357. The molecule has 0 fully saturated rings. The van der Waals surface area contributed by atoms with E-state index in [4.69, 9.17) is 10.9 Å². The molecule has 7 heteroatoms. The van der Waals surface area contributed by atoms with Gasteiger partial charge in [0.1, 0.15) is 0 Å². The van der Waals surface area contributed by atoms with Gasteiger partial charge in [0.15, 0.2) is 5.84 Å². The van der Waals surface area contributed by atoms with Gasteiger partial charge in [-0.25, -0.2) is 0 Å². The molecule has 0 aromatic carbocycles. The Hall–Kier alpha value is -2.57. The van der Waals surface area contributed by atoms with E-state index in [1.165, 1.54) is 0 Å². The van der Waals surface area contributed by atoms with Crippen molar-refractivity contribution in [1.29, 1.82) is 0 Å². The van der Waals surface area contributed by atoms with Crippen LogP contribution < -0.4 is 11.3 Å². The van der Waals surface area contributed by atoms with Gasteiger partial charge in [-0.15, -0.1) is 0 Å². The summed E-state index contributed by atoms with van der Waals surface area (Å²) in [4.78, 5) is 12.5. The van der Waals surface area contributed by atoms with Crippen LogP contribution in [0.1, 0.15) is 29.6 Å². The molecule has 2 rings (SSSR count). The second-order valence-electron chi connectivity index (χ2n) is 4.86. The highest BCUT2D eigenvalue weighted by atomic mass is 16.4. The van der Waals surface area contributed by atoms with E-state index in [1.807, 2.05) is 31.5 Å². The Kier molecular flexibility index (Phi) is 4.11. The summed E-state index contributed by atoms with van der Waals surface area (Å²) in [7, 11) is 0. The SMILES string of the molecule is CCn1nc(C)cc1Cn1c(C)ccc(/C(N)=N/O)c1=O. The Morgan fingerprint density at radius 1 is 1.43 bits per heavy atom. The Morgan fingerprint density at radius 3 is 2.76 bits per heavy atom. The standard InChI is InChI=1S/C14H19N5O2/c1-4-19-11(7-9(2)16-19)8-18-10(3)5-6-12(14(18)20)13(15)17-21/h5-7,21H,4,8H2,1-3H3,(H2,15,17). The fourth-order valence-electron chi connectivity index (χ4n) is 2.28. The van der Waals surface area contributed by atoms with Crippen molar-refractivity contribution in [3.63, 3.8) is 0 Å². The van der Waals surface area contributed by atoms with Crippen LogP contribution in [0, 0.1) is 13.8 Å². The maximum atomic E-state index is 12.5. The largest absolute Gasteiger partial charge is 0.409 e. The topological polar surface area (TPSA) is 98.4 Å². The third-order valence-corrected chi connectivity index (χ3v) is 3.38. The summed E-state index contributed by atoms with van der Waals surface area (Å²) in [5, 5.41) is 16.0. The summed E-state index contributed by atoms with van der Waals surface area (Å²) in [5.41, 5.74) is 8.09. The zero-order chi connectivity index (χ0) is 15.6. The number of aryl methyl sites for hydroxylation is 3. The molecule has 0 bridgehead atoms. The smallest absolute Gasteiger partial charge is 0.262 e. The van der Waals surface area contributed by atoms with Crippen molar-refractivity contribution in [2.24, 2.45) is 10.9 Å². The molecule has 0 aliphatic rings. The van der Waals surface area contributed by atoms with Crippen molar-refractivity contribution >= 4 is 5.84 Å². The molecule has 7 nitrogen and oxygen atoms in total. The molecule has 21 heavy (non-hydrogen) atoms. The molecule has 112 valence electrons. The molecule has 0 saturated heterocycles. The highest BCUT2D eigenvalue weighted by molar-refractivity contribution is 5.96. The van der Waals surface area contributed by atoms with Gasteiger partial charge in [0.2, 0.25) is 0 Å². The van der Waals surface area contributed by atoms with Gasteiger partial charge in [0.25, 0.3) is 5.56 Å². The molecule has 2 heterocycles. The predicted molar refractivity (Wildman–Crippen MR) is 79.7 cm³/mol. The lowest BCUT2D eigenvalue weighted by Crippen LogP contribution is -2.32. The number of pyridine rings is 1. The molecule has 0 unspecified atom stereocenters. The minimum Gasteiger partial charge on any atom is -0.409 e. The van der Waals surface area contributed by atoms with Gasteiger partial charge < -0.3 is 15.5 Å². The number of oxime groups is 1. The summed E-state index contributed by atoms with van der Waals surface area (Å²) in [6, 6.07) is 5.28. The number of hydrogen-bond donors (Lipinski definition) is 2. The van der Waals surface area contributed by atoms with Crippen molar-refractivity contribution in [2.75, 3.05) is 0 Å². The van der Waals surface area contributed by atoms with Crippen molar-refractivity contribution in [3.05, 3.63) is 51.2 Å². The van der Waals surface area contributed by atoms with Crippen molar-refractivity contribution < 1.29 is 5.21 Å². The van der Waals surface area contributed by atoms with Crippen LogP contribution in [0.5, 0.6) is 0 Å². The number of aromatic nitrogens is 3. The third kappa shape index (κ3) is 2.81. The van der Waals surface area contributed by atoms with E-state index in [0.29, 0.717) is 6.54 Å². The first-order valence-corrected chi connectivity index (χ1v) is 6.69. The van der Waals surface area contributed by atoms with Crippen LogP contribution in [-0.4, -0.2) is 25.4 Å². The molecule has 0 aliphatic heterocycles. The fourth-order valence-corrected chi connectivity index (χ4v) is 2.28. The number of hydrogen-bond acceptors (Lipinski definition) is 4. The predicted octanol–water partition coefficient (Wildman–Crippen LogP) is 0.824. The summed E-state index contributed by atoms with van der Waals surface area (Å²) in [6.07, 6.45) is 0. The van der Waals surface area contributed by atoms with Gasteiger partial charge in [0, 0.05) is 12.2 Å². The van der Waals surface area contributed by atoms with Crippen LogP contribution in [0.15, 0.2) is 28.1 Å². The van der Waals surface area contributed by atoms with E-state index >= 15 is 0 Å². The van der Waals surface area contributed by atoms with Gasteiger partial charge in [0.05, 0.1) is 23.5 Å². The van der Waals surface area contributed by atoms with Gasteiger partial charge in [-0.3, -0.25) is 9.48 Å². The van der Waals surface area contributed by atoms with Gasteiger partial charge in [-0.1, -0.05) is 5.16 Å². The molecular formula is C14H19N5O2. The lowest BCUT2D eigenvalue weighted by Gasteiger charge is -2.12. The lowest BCUT2D eigenvalue weighted by molar-refractivity contribution is 0.318. The first-order chi connectivity index (χ1) is 9.97. The van der Waals surface area contributed by atoms with Gasteiger partial charge >= 0.3 is 0 Å². The monoisotopic (exact) mass is 289 g/mol. The molecule has 2 aromatic rings. The lowest BCUT2D eigenvalue weighted by atomic mass is 10.2. The quantitative estimate of drug-likeness (QED) is 0.377. The molecule has 0 aliphatic carbocycles. The molecule has 0 saturated carbocycles. The Morgan fingerprint density at radius 2 is 2.14 bits per heavy atom. The number of rotatable bonds is 4. The normalized spacial score (nSPS) is 11.9. The zero-order valence-corrected chi connectivity index (χ0v) is 12.4. The number of nitrogens with two attached hydrogens (primary N) is 1. The van der Waals surface area contributed by atoms with Gasteiger partial charge in [-0.05, 0) is 39.0 Å². The average Bonchev–Trinajstić information content (AvgIpc) is 2.82. The van der Waals surface area contributed by atoms with Gasteiger partial charge in [-0.2, -0.15) is 5.10 Å². The number of nitrogens with zero attached hydrogens (tertiary/aromatic N) is 4. The number of amidine groups is 1. The molecule has 0 spiro atoms. The molecule has 2 aromatic heterocycles. The summed E-state index contributed by atoms with van der Waals surface area (Å²) >= 11 is 0. The van der Waals surface area contributed by atoms with Crippen LogP contribution >= 0.6 is 0 Å². The van der Waals surface area contributed by atoms with Crippen molar-refractivity contribution in [2.45, 2.75) is 33.9 Å². The van der Waals surface area contributed by atoms with Crippen LogP contribution in [0.4, 0.5) is 0 Å². The molecule has 0 atom stereocenters. The highest BCUT2D eigenvalue weighted by Gasteiger charge is 2.12. The van der Waals surface area contributed by atoms with E-state index in [1.54, 1.807) is 16.7 Å². The maximum Gasteiger partial charge on any atom is 0.262 e. The third-order valence-electron chi connectivity index (χ3n) is 3.38. The maximum absolute atomic E-state index is 12.5. The summed E-state index contributed by atoms with van der Waals surface area (Å²) in [6.45, 7) is 6.89. The second kappa shape index (κ2) is 5.82. The Labute approximate surface area is 122 Å². The molecule has 0 amide bonds. The van der Waals surface area contributed by atoms with Crippen LogP contribution in [0.3, 0.4) is 0 Å². The molecule has 0 radical (unpaired) electrons. The Bertz CT molecular complexity index is 742. The minimum absolute atomic E-state index is 0.183. The first kappa shape index (κ1) is 14.8.